The molecule has 1 atom stereocenters. The summed E-state index contributed by atoms with van der Waals surface area (Å²) < 4.78 is 1.93. The van der Waals surface area contributed by atoms with E-state index in [4.69, 9.17) is 5.73 Å². The Balaban J connectivity index is 1.50. The molecule has 1 aromatic heterocycles. The molecule has 40 heavy (non-hydrogen) atoms. The molecule has 1 aliphatic heterocycles. The first-order valence-electron chi connectivity index (χ1n) is 12.7. The summed E-state index contributed by atoms with van der Waals surface area (Å²) in [7, 11) is 0. The molecule has 6 heteroatoms. The quantitative estimate of drug-likeness (QED) is 0.343. The van der Waals surface area contributed by atoms with Crippen LogP contribution in [0.4, 0.5) is 0 Å². The van der Waals surface area contributed by atoms with Gasteiger partial charge in [0, 0.05) is 0 Å². The Kier molecular flexibility index (Phi) is 6.46. The topological polar surface area (TPSA) is 95.6 Å². The predicted molar refractivity (Wildman–Crippen MR) is 160 cm³/mol. The van der Waals surface area contributed by atoms with E-state index in [1.54, 1.807) is 0 Å². The number of thiazole rings is 1. The number of allylic oxidation sites excluding steroid dienone is 1. The molecule has 5 aromatic rings. The van der Waals surface area contributed by atoms with Gasteiger partial charge >= 0.3 is 4.87 Å². The molecule has 0 saturated carbocycles. The molecule has 0 bridgehead atoms. The third kappa shape index (κ3) is 4.33. The first kappa shape index (κ1) is 24.9. The zero-order chi connectivity index (χ0) is 27.6. The summed E-state index contributed by atoms with van der Waals surface area (Å²) in [4.78, 5) is 12.8. The minimum absolute atomic E-state index is 0.0639. The molecule has 0 aliphatic carbocycles. The second-order valence-electron chi connectivity index (χ2n) is 9.41. The van der Waals surface area contributed by atoms with Crippen LogP contribution in [0.2, 0.25) is 0 Å². The van der Waals surface area contributed by atoms with E-state index in [2.05, 4.69) is 24.3 Å². The maximum absolute atomic E-state index is 13.1. The number of nitrogens with zero attached hydrogens (tertiary/aromatic N) is 3. The van der Waals surface area contributed by atoms with Gasteiger partial charge in [-0.2, -0.15) is 10.5 Å². The second-order valence-corrected chi connectivity index (χ2v) is 10.4. The molecule has 1 aliphatic rings. The van der Waals surface area contributed by atoms with Gasteiger partial charge in [0.25, 0.3) is 0 Å². The third-order valence-electron chi connectivity index (χ3n) is 7.09. The van der Waals surface area contributed by atoms with E-state index < -0.39 is 5.92 Å². The molecule has 0 radical (unpaired) electrons. The highest BCUT2D eigenvalue weighted by Gasteiger charge is 2.32. The first-order valence-corrected chi connectivity index (χ1v) is 13.5. The lowest BCUT2D eigenvalue weighted by molar-refractivity contribution is 0.901. The normalized spacial score (nSPS) is 14.9. The third-order valence-corrected chi connectivity index (χ3v) is 7.98. The van der Waals surface area contributed by atoms with E-state index in [1.165, 1.54) is 4.57 Å². The zero-order valence-electron chi connectivity index (χ0n) is 21.3. The van der Waals surface area contributed by atoms with Crippen molar-refractivity contribution in [2.45, 2.75) is 5.92 Å². The van der Waals surface area contributed by atoms with Crippen molar-refractivity contribution in [2.24, 2.45) is 5.73 Å². The van der Waals surface area contributed by atoms with Crippen LogP contribution < -0.4 is 20.5 Å². The predicted octanol–water partition coefficient (Wildman–Crippen LogP) is 5.20. The zero-order valence-corrected chi connectivity index (χ0v) is 22.1. The summed E-state index contributed by atoms with van der Waals surface area (Å²) in [6.45, 7) is 0. The Morgan fingerprint density at radius 1 is 0.700 bits per heavy atom. The van der Waals surface area contributed by atoms with Crippen LogP contribution >= 0.6 is 11.3 Å². The Bertz CT molecular complexity index is 2020. The summed E-state index contributed by atoms with van der Waals surface area (Å²) in [6, 6.07) is 40.4. The Morgan fingerprint density at radius 2 is 1.20 bits per heavy atom. The van der Waals surface area contributed by atoms with Crippen molar-refractivity contribution >= 4 is 28.8 Å². The summed E-state index contributed by atoms with van der Waals surface area (Å²) in [5.41, 5.74) is 12.9. The monoisotopic (exact) mass is 534 g/mol. The van der Waals surface area contributed by atoms with Gasteiger partial charge in [-0.05, 0) is 39.5 Å². The number of aromatic nitrogens is 1. The standard InChI is InChI=1S/C34H22N4OS/c35-20-28-31(27-17-15-26(16-18-27)24-9-5-2-6-10-24)29(21-36)33(37)38-32(28)30(40-34(38)39)19-22-11-13-25(14-12-22)23-7-3-1-4-8-23/h1-19,31H,37H2. The number of hydrogen-bond donors (Lipinski definition) is 1. The summed E-state index contributed by atoms with van der Waals surface area (Å²) in [5.74, 6) is -0.615. The van der Waals surface area contributed by atoms with E-state index in [0.29, 0.717) is 15.5 Å². The highest BCUT2D eigenvalue weighted by molar-refractivity contribution is 7.07. The molecular formula is C34H22N4OS. The van der Waals surface area contributed by atoms with Crippen molar-refractivity contribution in [1.82, 2.24) is 4.57 Å². The van der Waals surface area contributed by atoms with Crippen molar-refractivity contribution in [2.75, 3.05) is 0 Å². The van der Waals surface area contributed by atoms with E-state index in [9.17, 15) is 15.3 Å². The van der Waals surface area contributed by atoms with E-state index in [-0.39, 0.29) is 16.3 Å². The van der Waals surface area contributed by atoms with Gasteiger partial charge in [-0.3, -0.25) is 9.36 Å². The molecule has 1 unspecified atom stereocenters. The lowest BCUT2D eigenvalue weighted by atomic mass is 9.83. The van der Waals surface area contributed by atoms with Gasteiger partial charge in [0.15, 0.2) is 0 Å². The molecule has 0 spiro atoms. The summed E-state index contributed by atoms with van der Waals surface area (Å²) in [5, 5.41) is 20.9. The van der Waals surface area contributed by atoms with E-state index >= 15 is 0 Å². The number of rotatable bonds is 4. The first-order chi connectivity index (χ1) is 19.6. The van der Waals surface area contributed by atoms with Crippen molar-refractivity contribution in [3.8, 4) is 34.4 Å². The van der Waals surface area contributed by atoms with Gasteiger partial charge in [0.1, 0.15) is 5.82 Å². The van der Waals surface area contributed by atoms with E-state index in [0.717, 1.165) is 44.7 Å². The highest BCUT2D eigenvalue weighted by atomic mass is 32.1. The second kappa shape index (κ2) is 10.4. The minimum atomic E-state index is -0.679. The fraction of sp³-hybridized carbons (Fsp3) is 0.0294. The van der Waals surface area contributed by atoms with Gasteiger partial charge in [-0.15, -0.1) is 0 Å². The maximum Gasteiger partial charge on any atom is 0.313 e. The lowest BCUT2D eigenvalue weighted by Crippen LogP contribution is -2.41. The van der Waals surface area contributed by atoms with Gasteiger partial charge in [-0.25, -0.2) is 0 Å². The SMILES string of the molecule is N#CC1=C(N)n2c(=O)sc(=Cc3ccc(-c4ccccc4)cc3)c2=C(C#N)C1c1ccc(-c2ccccc2)cc1. The number of fused-ring (bicyclic) bond motifs is 1. The number of hydrogen-bond acceptors (Lipinski definition) is 5. The Labute approximate surface area is 234 Å². The molecule has 0 fully saturated rings. The molecule has 190 valence electrons. The van der Waals surface area contributed by atoms with E-state index in [1.807, 2.05) is 103 Å². The molecule has 2 heterocycles. The molecule has 6 rings (SSSR count). The van der Waals surface area contributed by atoms with Crippen molar-refractivity contribution in [3.63, 3.8) is 0 Å². The minimum Gasteiger partial charge on any atom is -0.384 e. The number of nitrogens with two attached hydrogens (primary N) is 1. The van der Waals surface area contributed by atoms with Crippen LogP contribution in [0.15, 0.2) is 120 Å². The van der Waals surface area contributed by atoms with Crippen molar-refractivity contribution in [3.05, 3.63) is 145 Å². The summed E-state index contributed by atoms with van der Waals surface area (Å²) in [6.07, 6.45) is 1.89. The Morgan fingerprint density at radius 3 is 1.73 bits per heavy atom. The molecule has 4 aromatic carbocycles. The summed E-state index contributed by atoms with van der Waals surface area (Å²) >= 11 is 1.01. The smallest absolute Gasteiger partial charge is 0.313 e. The fourth-order valence-electron chi connectivity index (χ4n) is 5.13. The van der Waals surface area contributed by atoms with Crippen molar-refractivity contribution in [1.29, 1.82) is 10.5 Å². The van der Waals surface area contributed by atoms with Gasteiger partial charge < -0.3 is 5.73 Å². The number of benzene rings is 4. The van der Waals surface area contributed by atoms with Crippen LogP contribution in [0.25, 0.3) is 39.7 Å². The average molecular weight is 535 g/mol. The Hall–Kier alpha value is -5.43. The van der Waals surface area contributed by atoms with Crippen LogP contribution in [0.1, 0.15) is 17.0 Å². The van der Waals surface area contributed by atoms with Crippen molar-refractivity contribution < 1.29 is 0 Å². The fourth-order valence-corrected chi connectivity index (χ4v) is 6.10. The molecular weight excluding hydrogens is 512 g/mol. The highest BCUT2D eigenvalue weighted by Crippen LogP contribution is 2.36. The largest absolute Gasteiger partial charge is 0.384 e. The number of nitriles is 2. The van der Waals surface area contributed by atoms with Crippen LogP contribution in [-0.2, 0) is 0 Å². The van der Waals surface area contributed by atoms with Gasteiger partial charge in [-0.1, -0.05) is 121 Å². The van der Waals surface area contributed by atoms with Gasteiger partial charge in [0.05, 0.1) is 39.1 Å². The van der Waals surface area contributed by atoms with Crippen LogP contribution in [0, 0.1) is 22.7 Å². The molecule has 0 saturated heterocycles. The van der Waals surface area contributed by atoms with Crippen LogP contribution in [0.3, 0.4) is 0 Å². The lowest BCUT2D eigenvalue weighted by Gasteiger charge is -2.23. The maximum atomic E-state index is 13.1. The average Bonchev–Trinajstić information content (AvgIpc) is 3.34. The molecule has 5 nitrogen and oxygen atoms in total. The van der Waals surface area contributed by atoms with Crippen LogP contribution in [-0.4, -0.2) is 4.57 Å². The molecule has 2 N–H and O–H groups in total. The molecule has 0 amide bonds. The van der Waals surface area contributed by atoms with Crippen LogP contribution in [0.5, 0.6) is 0 Å². The van der Waals surface area contributed by atoms with Gasteiger partial charge in [0.2, 0.25) is 0 Å².